The Balaban J connectivity index is 1.62. The first-order chi connectivity index (χ1) is 12.8. The molecule has 1 heterocycles. The number of amides is 1. The fraction of sp³-hybridized carbons (Fsp3) is 0.235. The maximum Gasteiger partial charge on any atom is 0.242 e. The molecule has 2 aromatic rings. The Hall–Kier alpha value is -2.00. The standard InChI is InChI=1S/C17H16Cl2N2O5S/c1-10(21-27(23,24)16-7-12(18)3-4-13(16)19)17(22)20-8-11-2-5-14-15(6-11)26-9-25-14/h2-7,10,21H,8-9H2,1H3,(H,20,22)/t10-/m1/s1. The van der Waals surface area contributed by atoms with Crippen molar-refractivity contribution < 1.29 is 22.7 Å². The topological polar surface area (TPSA) is 93.7 Å². The molecule has 1 aliphatic rings. The van der Waals surface area contributed by atoms with Crippen LogP contribution in [0.15, 0.2) is 41.3 Å². The first-order valence-electron chi connectivity index (χ1n) is 7.90. The minimum atomic E-state index is -4.01. The molecule has 1 aliphatic heterocycles. The highest BCUT2D eigenvalue weighted by Gasteiger charge is 2.24. The van der Waals surface area contributed by atoms with Crippen molar-refractivity contribution in [2.45, 2.75) is 24.4 Å². The van der Waals surface area contributed by atoms with Crippen LogP contribution >= 0.6 is 23.2 Å². The van der Waals surface area contributed by atoms with Gasteiger partial charge in [-0.15, -0.1) is 0 Å². The molecule has 10 heteroatoms. The van der Waals surface area contributed by atoms with Crippen molar-refractivity contribution in [1.29, 1.82) is 0 Å². The summed E-state index contributed by atoms with van der Waals surface area (Å²) in [6, 6.07) is 8.35. The van der Waals surface area contributed by atoms with E-state index >= 15 is 0 Å². The van der Waals surface area contributed by atoms with Crippen LogP contribution in [-0.2, 0) is 21.4 Å². The van der Waals surface area contributed by atoms with Crippen LogP contribution < -0.4 is 19.5 Å². The maximum absolute atomic E-state index is 12.5. The molecule has 0 spiro atoms. The summed E-state index contributed by atoms with van der Waals surface area (Å²) in [7, 11) is -4.01. The third kappa shape index (κ3) is 4.65. The number of halogens is 2. The smallest absolute Gasteiger partial charge is 0.242 e. The van der Waals surface area contributed by atoms with Crippen molar-refractivity contribution in [3.63, 3.8) is 0 Å². The highest BCUT2D eigenvalue weighted by Crippen LogP contribution is 2.32. The SMILES string of the molecule is C[C@@H](NS(=O)(=O)c1cc(Cl)ccc1Cl)C(=O)NCc1ccc2c(c1)OCO2. The molecule has 0 radical (unpaired) electrons. The van der Waals surface area contributed by atoms with E-state index < -0.39 is 22.0 Å². The molecule has 2 aromatic carbocycles. The molecule has 7 nitrogen and oxygen atoms in total. The van der Waals surface area contributed by atoms with Gasteiger partial charge in [-0.25, -0.2) is 8.42 Å². The quantitative estimate of drug-likeness (QED) is 0.734. The van der Waals surface area contributed by atoms with Gasteiger partial charge < -0.3 is 14.8 Å². The van der Waals surface area contributed by atoms with Crippen LogP contribution in [-0.4, -0.2) is 27.2 Å². The predicted molar refractivity (Wildman–Crippen MR) is 101 cm³/mol. The Morgan fingerprint density at radius 3 is 2.67 bits per heavy atom. The third-order valence-corrected chi connectivity index (χ3v) is 6.07. The van der Waals surface area contributed by atoms with Crippen LogP contribution in [0.2, 0.25) is 10.0 Å². The van der Waals surface area contributed by atoms with Gasteiger partial charge in [0.25, 0.3) is 0 Å². The molecule has 0 aromatic heterocycles. The molecule has 0 saturated carbocycles. The van der Waals surface area contributed by atoms with Gasteiger partial charge in [-0.2, -0.15) is 4.72 Å². The molecular weight excluding hydrogens is 415 g/mol. The zero-order valence-corrected chi connectivity index (χ0v) is 16.5. The van der Waals surface area contributed by atoms with Crippen LogP contribution in [0.4, 0.5) is 0 Å². The molecule has 2 N–H and O–H groups in total. The number of benzene rings is 2. The highest BCUT2D eigenvalue weighted by molar-refractivity contribution is 7.89. The van der Waals surface area contributed by atoms with Gasteiger partial charge in [-0.05, 0) is 42.8 Å². The van der Waals surface area contributed by atoms with Gasteiger partial charge in [-0.1, -0.05) is 29.3 Å². The van der Waals surface area contributed by atoms with Gasteiger partial charge in [0, 0.05) is 11.6 Å². The summed E-state index contributed by atoms with van der Waals surface area (Å²) in [5.41, 5.74) is 0.792. The highest BCUT2D eigenvalue weighted by atomic mass is 35.5. The summed E-state index contributed by atoms with van der Waals surface area (Å²) in [6.45, 7) is 1.81. The van der Waals surface area contributed by atoms with Crippen LogP contribution in [0.25, 0.3) is 0 Å². The summed E-state index contributed by atoms with van der Waals surface area (Å²) in [5, 5.41) is 2.90. The van der Waals surface area contributed by atoms with E-state index in [1.165, 1.54) is 25.1 Å². The van der Waals surface area contributed by atoms with Crippen molar-refractivity contribution >= 4 is 39.1 Å². The van der Waals surface area contributed by atoms with Crippen LogP contribution in [0.1, 0.15) is 12.5 Å². The fourth-order valence-corrected chi connectivity index (χ4v) is 4.39. The van der Waals surface area contributed by atoms with Gasteiger partial charge in [-0.3, -0.25) is 4.79 Å². The largest absolute Gasteiger partial charge is 0.454 e. The van der Waals surface area contributed by atoms with E-state index in [9.17, 15) is 13.2 Å². The van der Waals surface area contributed by atoms with Crippen molar-refractivity contribution in [1.82, 2.24) is 10.0 Å². The Morgan fingerprint density at radius 2 is 1.89 bits per heavy atom. The molecule has 1 amide bonds. The van der Waals surface area contributed by atoms with Gasteiger partial charge in [0.1, 0.15) is 4.90 Å². The van der Waals surface area contributed by atoms with E-state index in [0.717, 1.165) is 5.56 Å². The zero-order chi connectivity index (χ0) is 19.6. The van der Waals surface area contributed by atoms with Crippen molar-refractivity contribution in [2.24, 2.45) is 0 Å². The normalized spacial score (nSPS) is 14.0. The third-order valence-electron chi connectivity index (χ3n) is 3.81. The minimum absolute atomic E-state index is 0.0138. The monoisotopic (exact) mass is 430 g/mol. The van der Waals surface area contributed by atoms with Crippen LogP contribution in [0.3, 0.4) is 0 Å². The van der Waals surface area contributed by atoms with Crippen LogP contribution in [0.5, 0.6) is 11.5 Å². The summed E-state index contributed by atoms with van der Waals surface area (Å²) >= 11 is 11.8. The van der Waals surface area contributed by atoms with Crippen molar-refractivity contribution in [2.75, 3.05) is 6.79 Å². The Bertz CT molecular complexity index is 981. The average Bonchev–Trinajstić information content (AvgIpc) is 3.09. The van der Waals surface area contributed by atoms with Crippen molar-refractivity contribution in [3.8, 4) is 11.5 Å². The number of ether oxygens (including phenoxy) is 2. The first-order valence-corrected chi connectivity index (χ1v) is 10.1. The van der Waals surface area contributed by atoms with E-state index in [0.29, 0.717) is 11.5 Å². The lowest BCUT2D eigenvalue weighted by molar-refractivity contribution is -0.122. The molecule has 27 heavy (non-hydrogen) atoms. The lowest BCUT2D eigenvalue weighted by Gasteiger charge is -2.15. The Morgan fingerprint density at radius 1 is 1.15 bits per heavy atom. The average molecular weight is 431 g/mol. The van der Waals surface area contributed by atoms with Crippen molar-refractivity contribution in [3.05, 3.63) is 52.0 Å². The van der Waals surface area contributed by atoms with E-state index in [-0.39, 0.29) is 28.3 Å². The zero-order valence-electron chi connectivity index (χ0n) is 14.2. The number of fused-ring (bicyclic) bond motifs is 1. The number of hydrogen-bond donors (Lipinski definition) is 2. The summed E-state index contributed by atoms with van der Waals surface area (Å²) in [6.07, 6.45) is 0. The molecule has 1 atom stereocenters. The second kappa shape index (κ2) is 7.93. The van der Waals surface area contributed by atoms with E-state index in [1.807, 2.05) is 0 Å². The predicted octanol–water partition coefficient (Wildman–Crippen LogP) is 2.71. The lowest BCUT2D eigenvalue weighted by atomic mass is 10.2. The number of rotatable bonds is 6. The molecule has 0 bridgehead atoms. The number of sulfonamides is 1. The van der Waals surface area contributed by atoms with E-state index in [2.05, 4.69) is 10.0 Å². The summed E-state index contributed by atoms with van der Waals surface area (Å²) < 4.78 is 37.7. The molecule has 0 unspecified atom stereocenters. The molecule has 0 aliphatic carbocycles. The van der Waals surface area contributed by atoms with Gasteiger partial charge in [0.2, 0.25) is 22.7 Å². The number of nitrogens with one attached hydrogen (secondary N) is 2. The second-order valence-corrected chi connectivity index (χ2v) is 8.35. The summed E-state index contributed by atoms with van der Waals surface area (Å²) in [4.78, 5) is 12.1. The Labute approximate surface area is 166 Å². The lowest BCUT2D eigenvalue weighted by Crippen LogP contribution is -2.44. The maximum atomic E-state index is 12.5. The van der Waals surface area contributed by atoms with E-state index in [4.69, 9.17) is 32.7 Å². The second-order valence-electron chi connectivity index (χ2n) is 5.82. The fourth-order valence-electron chi connectivity index (χ4n) is 2.43. The molecular formula is C17H16Cl2N2O5S. The van der Waals surface area contributed by atoms with Gasteiger partial charge in [0.05, 0.1) is 11.1 Å². The molecule has 144 valence electrons. The number of carbonyl (C=O) groups excluding carboxylic acids is 1. The van der Waals surface area contributed by atoms with E-state index in [1.54, 1.807) is 18.2 Å². The molecule has 3 rings (SSSR count). The first kappa shape index (κ1) is 19.8. The number of carbonyl (C=O) groups is 1. The summed E-state index contributed by atoms with van der Waals surface area (Å²) in [5.74, 6) is 0.755. The molecule has 0 saturated heterocycles. The van der Waals surface area contributed by atoms with Crippen LogP contribution in [0, 0.1) is 0 Å². The van der Waals surface area contributed by atoms with Gasteiger partial charge >= 0.3 is 0 Å². The Kier molecular flexibility index (Phi) is 5.81. The van der Waals surface area contributed by atoms with Gasteiger partial charge in [0.15, 0.2) is 11.5 Å². The molecule has 0 fully saturated rings. The minimum Gasteiger partial charge on any atom is -0.454 e. The number of hydrogen-bond acceptors (Lipinski definition) is 5.